The molecule has 1 heterocycles. The van der Waals surface area contributed by atoms with E-state index in [9.17, 15) is 9.59 Å². The van der Waals surface area contributed by atoms with Crippen LogP contribution in [-0.4, -0.2) is 49.6 Å². The van der Waals surface area contributed by atoms with Gasteiger partial charge in [0.15, 0.2) is 0 Å². The summed E-state index contributed by atoms with van der Waals surface area (Å²) >= 11 is 0. The highest BCUT2D eigenvalue weighted by molar-refractivity contribution is 5.90. The second-order valence-corrected chi connectivity index (χ2v) is 8.46. The third kappa shape index (κ3) is 8.44. The van der Waals surface area contributed by atoms with E-state index in [4.69, 9.17) is 10.5 Å². The van der Waals surface area contributed by atoms with Gasteiger partial charge in [-0.2, -0.15) is 0 Å². The van der Waals surface area contributed by atoms with Crippen LogP contribution in [0.1, 0.15) is 36.8 Å². The molecule has 2 aromatic carbocycles. The summed E-state index contributed by atoms with van der Waals surface area (Å²) in [4.78, 5) is 25.8. The quantitative estimate of drug-likeness (QED) is 0.499. The van der Waals surface area contributed by atoms with Gasteiger partial charge in [-0.05, 0) is 68.5 Å². The number of primary amides is 1. The lowest BCUT2D eigenvalue weighted by atomic mass is 9.96. The van der Waals surface area contributed by atoms with Gasteiger partial charge in [0.05, 0.1) is 6.61 Å². The molecule has 1 fully saturated rings. The van der Waals surface area contributed by atoms with Crippen LogP contribution in [0, 0.1) is 5.92 Å². The van der Waals surface area contributed by atoms with Crippen LogP contribution in [0.15, 0.2) is 54.6 Å². The number of carbonyl (C=O) groups excluding carboxylic acids is 2. The highest BCUT2D eigenvalue weighted by atomic mass is 16.5. The molecule has 0 saturated carbocycles. The minimum absolute atomic E-state index is 0.0155. The van der Waals surface area contributed by atoms with Crippen LogP contribution < -0.4 is 11.1 Å². The first kappa shape index (κ1) is 24.0. The maximum atomic E-state index is 12.2. The van der Waals surface area contributed by atoms with Gasteiger partial charge in [-0.15, -0.1) is 0 Å². The summed E-state index contributed by atoms with van der Waals surface area (Å²) in [5.41, 5.74) is 8.73. The van der Waals surface area contributed by atoms with Crippen molar-refractivity contribution in [2.24, 2.45) is 11.7 Å². The number of benzene rings is 2. The predicted molar refractivity (Wildman–Crippen MR) is 127 cm³/mol. The van der Waals surface area contributed by atoms with E-state index in [-0.39, 0.29) is 17.7 Å². The van der Waals surface area contributed by atoms with Gasteiger partial charge >= 0.3 is 0 Å². The number of carbonyl (C=O) groups is 2. The molecule has 0 atom stereocenters. The lowest BCUT2D eigenvalue weighted by molar-refractivity contribution is -0.123. The van der Waals surface area contributed by atoms with Gasteiger partial charge in [0.2, 0.25) is 11.8 Å². The van der Waals surface area contributed by atoms with Gasteiger partial charge in [-0.25, -0.2) is 0 Å². The minimum atomic E-state index is -0.169. The first-order valence-electron chi connectivity index (χ1n) is 11.6. The monoisotopic (exact) mass is 437 g/mol. The van der Waals surface area contributed by atoms with Crippen LogP contribution >= 0.6 is 0 Å². The summed E-state index contributed by atoms with van der Waals surface area (Å²) in [7, 11) is 0. The normalized spacial score (nSPS) is 14.9. The van der Waals surface area contributed by atoms with E-state index in [1.165, 1.54) is 11.1 Å². The highest BCUT2D eigenvalue weighted by Crippen LogP contribution is 2.17. The van der Waals surface area contributed by atoms with Crippen molar-refractivity contribution in [3.05, 3.63) is 65.7 Å². The second kappa shape index (κ2) is 13.0. The number of likely N-dealkylation sites (tertiary alicyclic amines) is 1. The molecule has 3 N–H and O–H groups in total. The standard InChI is InChI=1S/C26H35N3O3/c27-26(31)23-13-17-29(18-14-23)16-12-22-8-10-24(11-9-22)28-25(30)7-4-19-32-20-15-21-5-2-1-3-6-21/h1-3,5-6,8-11,23H,4,7,12-20H2,(H2,27,31)(H,28,30). The lowest BCUT2D eigenvalue weighted by Gasteiger charge is -2.30. The zero-order valence-electron chi connectivity index (χ0n) is 18.8. The zero-order chi connectivity index (χ0) is 22.6. The minimum Gasteiger partial charge on any atom is -0.381 e. The summed E-state index contributed by atoms with van der Waals surface area (Å²) in [6.07, 6.45) is 4.73. The Kier molecular flexibility index (Phi) is 9.72. The zero-order valence-corrected chi connectivity index (χ0v) is 18.8. The maximum absolute atomic E-state index is 12.2. The number of nitrogens with one attached hydrogen (secondary N) is 1. The highest BCUT2D eigenvalue weighted by Gasteiger charge is 2.22. The smallest absolute Gasteiger partial charge is 0.224 e. The van der Waals surface area contributed by atoms with Crippen LogP contribution in [0.5, 0.6) is 0 Å². The molecule has 0 radical (unpaired) electrons. The van der Waals surface area contributed by atoms with E-state index < -0.39 is 0 Å². The van der Waals surface area contributed by atoms with Crippen LogP contribution in [-0.2, 0) is 27.2 Å². The van der Waals surface area contributed by atoms with E-state index >= 15 is 0 Å². The Morgan fingerprint density at radius 1 is 0.938 bits per heavy atom. The average molecular weight is 438 g/mol. The molecular weight excluding hydrogens is 402 g/mol. The fourth-order valence-electron chi connectivity index (χ4n) is 3.98. The van der Waals surface area contributed by atoms with Crippen molar-refractivity contribution in [2.45, 2.75) is 38.5 Å². The molecule has 1 saturated heterocycles. The molecule has 6 nitrogen and oxygen atoms in total. The van der Waals surface area contributed by atoms with Crippen LogP contribution in [0.2, 0.25) is 0 Å². The van der Waals surface area contributed by atoms with E-state index in [1.54, 1.807) is 0 Å². The number of anilines is 1. The van der Waals surface area contributed by atoms with Gasteiger partial charge in [-0.3, -0.25) is 9.59 Å². The number of ether oxygens (including phenoxy) is 1. The third-order valence-electron chi connectivity index (χ3n) is 6.01. The Labute approximate surface area is 191 Å². The average Bonchev–Trinajstić information content (AvgIpc) is 2.82. The molecule has 6 heteroatoms. The summed E-state index contributed by atoms with van der Waals surface area (Å²) in [5, 5.41) is 2.96. The van der Waals surface area contributed by atoms with Gasteiger partial charge in [-0.1, -0.05) is 42.5 Å². The van der Waals surface area contributed by atoms with Crippen molar-refractivity contribution in [1.29, 1.82) is 0 Å². The Balaban J connectivity index is 1.26. The molecule has 0 aromatic heterocycles. The molecule has 0 aliphatic carbocycles. The summed E-state index contributed by atoms with van der Waals surface area (Å²) in [6.45, 7) is 4.10. The third-order valence-corrected chi connectivity index (χ3v) is 6.01. The fraction of sp³-hybridized carbons (Fsp3) is 0.462. The van der Waals surface area contributed by atoms with E-state index in [0.29, 0.717) is 26.1 Å². The molecule has 172 valence electrons. The number of rotatable bonds is 12. The first-order valence-corrected chi connectivity index (χ1v) is 11.6. The molecule has 1 aliphatic rings. The van der Waals surface area contributed by atoms with Gasteiger partial charge in [0, 0.05) is 31.2 Å². The Morgan fingerprint density at radius 2 is 1.62 bits per heavy atom. The molecule has 0 unspecified atom stereocenters. The molecule has 0 spiro atoms. The number of hydrogen-bond acceptors (Lipinski definition) is 4. The van der Waals surface area contributed by atoms with Crippen molar-refractivity contribution in [2.75, 3.05) is 38.2 Å². The number of hydrogen-bond donors (Lipinski definition) is 2. The summed E-state index contributed by atoms with van der Waals surface area (Å²) in [6, 6.07) is 18.3. The van der Waals surface area contributed by atoms with Crippen LogP contribution in [0.4, 0.5) is 5.69 Å². The number of piperidine rings is 1. The van der Waals surface area contributed by atoms with Gasteiger partial charge in [0.25, 0.3) is 0 Å². The van der Waals surface area contributed by atoms with Crippen LogP contribution in [0.3, 0.4) is 0 Å². The molecular formula is C26H35N3O3. The Morgan fingerprint density at radius 3 is 2.31 bits per heavy atom. The molecule has 2 amide bonds. The maximum Gasteiger partial charge on any atom is 0.224 e. The Hall–Kier alpha value is -2.70. The number of nitrogens with zero attached hydrogens (tertiary/aromatic N) is 1. The SMILES string of the molecule is NC(=O)C1CCN(CCc2ccc(NC(=O)CCCOCCc3ccccc3)cc2)CC1. The predicted octanol–water partition coefficient (Wildman–Crippen LogP) is 3.40. The molecule has 3 rings (SSSR count). The first-order chi connectivity index (χ1) is 15.6. The van der Waals surface area contributed by atoms with E-state index in [1.807, 2.05) is 30.3 Å². The summed E-state index contributed by atoms with van der Waals surface area (Å²) in [5.74, 6) is -0.116. The van der Waals surface area contributed by atoms with Gasteiger partial charge in [0.1, 0.15) is 0 Å². The second-order valence-electron chi connectivity index (χ2n) is 8.46. The molecule has 2 aromatic rings. The van der Waals surface area contributed by atoms with Crippen LogP contribution in [0.25, 0.3) is 0 Å². The van der Waals surface area contributed by atoms with Crippen molar-refractivity contribution >= 4 is 17.5 Å². The van der Waals surface area contributed by atoms with Crippen molar-refractivity contribution in [3.8, 4) is 0 Å². The van der Waals surface area contributed by atoms with Crippen molar-refractivity contribution in [1.82, 2.24) is 4.90 Å². The van der Waals surface area contributed by atoms with Crippen molar-refractivity contribution in [3.63, 3.8) is 0 Å². The molecule has 32 heavy (non-hydrogen) atoms. The largest absolute Gasteiger partial charge is 0.381 e. The topological polar surface area (TPSA) is 84.7 Å². The van der Waals surface area contributed by atoms with E-state index in [2.05, 4.69) is 34.5 Å². The number of nitrogens with two attached hydrogens (primary N) is 1. The summed E-state index contributed by atoms with van der Waals surface area (Å²) < 4.78 is 5.64. The molecule has 1 aliphatic heterocycles. The van der Waals surface area contributed by atoms with Crippen molar-refractivity contribution < 1.29 is 14.3 Å². The van der Waals surface area contributed by atoms with E-state index in [0.717, 1.165) is 51.0 Å². The lowest BCUT2D eigenvalue weighted by Crippen LogP contribution is -2.39. The van der Waals surface area contributed by atoms with Gasteiger partial charge < -0.3 is 20.7 Å². The molecule has 0 bridgehead atoms. The fourth-order valence-corrected chi connectivity index (χ4v) is 3.98. The Bertz CT molecular complexity index is 831. The number of amides is 2.